The fourth-order valence-corrected chi connectivity index (χ4v) is 4.23. The molecule has 2 amide bonds. The number of nitrogens with zero attached hydrogens (tertiary/aromatic N) is 1. The van der Waals surface area contributed by atoms with Gasteiger partial charge in [0, 0.05) is 12.6 Å². The number of nitrogens with one attached hydrogen (secondary N) is 2. The number of carbonyl (C=O) groups is 2. The van der Waals surface area contributed by atoms with Gasteiger partial charge in [-0.1, -0.05) is 53.4 Å². The van der Waals surface area contributed by atoms with Crippen molar-refractivity contribution in [2.24, 2.45) is 0 Å². The van der Waals surface area contributed by atoms with E-state index in [1.165, 1.54) is 47.4 Å². The van der Waals surface area contributed by atoms with Crippen LogP contribution >= 0.6 is 23.1 Å². The van der Waals surface area contributed by atoms with Gasteiger partial charge in [0.15, 0.2) is 10.9 Å². The van der Waals surface area contributed by atoms with E-state index < -0.39 is 0 Å². The summed E-state index contributed by atoms with van der Waals surface area (Å²) in [6.45, 7) is -0.224. The summed E-state index contributed by atoms with van der Waals surface area (Å²) < 4.78 is 19.0. The molecule has 0 saturated heterocycles. The zero-order chi connectivity index (χ0) is 20.6. The summed E-state index contributed by atoms with van der Waals surface area (Å²) in [6, 6.07) is 14.9. The van der Waals surface area contributed by atoms with E-state index in [0.29, 0.717) is 20.8 Å². The zero-order valence-corrected chi connectivity index (χ0v) is 17.1. The Labute approximate surface area is 175 Å². The number of anilines is 1. The smallest absolute Gasteiger partial charge is 0.262 e. The van der Waals surface area contributed by atoms with Gasteiger partial charge in [-0.2, -0.15) is 0 Å². The molecule has 0 saturated carbocycles. The van der Waals surface area contributed by atoms with Gasteiger partial charge in [0.1, 0.15) is 22.3 Å². The first-order valence-corrected chi connectivity index (χ1v) is 10.4. The average Bonchev–Trinajstić information content (AvgIpc) is 3.14. The summed E-state index contributed by atoms with van der Waals surface area (Å²) in [5.41, 5.74) is 1.48. The van der Waals surface area contributed by atoms with Crippen molar-refractivity contribution in [3.63, 3.8) is 0 Å². The third-order valence-corrected chi connectivity index (χ3v) is 5.81. The molecule has 3 rings (SSSR count). The Balaban J connectivity index is 1.71. The number of thioether (sulfide) groups is 1. The Morgan fingerprint density at radius 2 is 1.83 bits per heavy atom. The molecule has 0 fully saturated rings. The lowest BCUT2D eigenvalue weighted by Crippen LogP contribution is -2.20. The third kappa shape index (κ3) is 6.03. The molecule has 29 heavy (non-hydrogen) atoms. The molecule has 0 aliphatic carbocycles. The molecular formula is C20H18FN3O3S2. The summed E-state index contributed by atoms with van der Waals surface area (Å²) >= 11 is 2.59. The summed E-state index contributed by atoms with van der Waals surface area (Å²) in [5.74, 6) is -0.210. The minimum Gasteiger partial charge on any atom is -0.484 e. The number of rotatable bonds is 8. The van der Waals surface area contributed by atoms with Crippen LogP contribution < -0.4 is 15.4 Å². The van der Waals surface area contributed by atoms with Crippen LogP contribution in [0.15, 0.2) is 58.9 Å². The highest BCUT2D eigenvalue weighted by atomic mass is 32.2. The Hall–Kier alpha value is -2.91. The van der Waals surface area contributed by atoms with Crippen molar-refractivity contribution >= 4 is 39.9 Å². The topological polar surface area (TPSA) is 80.3 Å². The molecule has 0 spiro atoms. The molecule has 6 nitrogen and oxygen atoms in total. The predicted octanol–water partition coefficient (Wildman–Crippen LogP) is 3.80. The van der Waals surface area contributed by atoms with Gasteiger partial charge in [0.25, 0.3) is 5.91 Å². The van der Waals surface area contributed by atoms with Gasteiger partial charge >= 0.3 is 0 Å². The predicted molar refractivity (Wildman–Crippen MR) is 113 cm³/mol. The summed E-state index contributed by atoms with van der Waals surface area (Å²) in [7, 11) is 1.58. The van der Waals surface area contributed by atoms with Crippen molar-refractivity contribution in [1.29, 1.82) is 0 Å². The quantitative estimate of drug-likeness (QED) is 0.530. The number of ether oxygens (including phenoxy) is 1. The second-order valence-corrected chi connectivity index (χ2v) is 8.00. The minimum atomic E-state index is -0.374. The van der Waals surface area contributed by atoms with Crippen LogP contribution in [0, 0.1) is 5.82 Å². The fraction of sp³-hybridized carbons (Fsp3) is 0.150. The Morgan fingerprint density at radius 3 is 2.52 bits per heavy atom. The highest BCUT2D eigenvalue weighted by Crippen LogP contribution is 2.37. The van der Waals surface area contributed by atoms with Crippen molar-refractivity contribution in [3.8, 4) is 17.0 Å². The molecule has 0 unspecified atom stereocenters. The number of amides is 2. The molecule has 1 heterocycles. The number of carbonyl (C=O) groups excluding carboxylic acids is 2. The van der Waals surface area contributed by atoms with Crippen molar-refractivity contribution < 1.29 is 18.7 Å². The molecule has 2 aromatic carbocycles. The van der Waals surface area contributed by atoms with Crippen molar-refractivity contribution in [1.82, 2.24) is 10.3 Å². The SMILES string of the molecule is CNC(=O)CSc1nc(-c2ccccc2)c(NC(=O)COc2ccc(F)cc2)s1. The Bertz CT molecular complexity index is 978. The molecular weight excluding hydrogens is 413 g/mol. The highest BCUT2D eigenvalue weighted by Gasteiger charge is 2.17. The molecule has 0 atom stereocenters. The second-order valence-electron chi connectivity index (χ2n) is 5.78. The van der Waals surface area contributed by atoms with Crippen molar-refractivity contribution in [2.75, 3.05) is 24.7 Å². The van der Waals surface area contributed by atoms with E-state index in [-0.39, 0.29) is 30.0 Å². The first kappa shape index (κ1) is 20.8. The van der Waals surface area contributed by atoms with Crippen LogP contribution in [0.3, 0.4) is 0 Å². The number of thiazole rings is 1. The maximum absolute atomic E-state index is 12.9. The largest absolute Gasteiger partial charge is 0.484 e. The van der Waals surface area contributed by atoms with Crippen LogP contribution in [0.1, 0.15) is 0 Å². The van der Waals surface area contributed by atoms with Crippen molar-refractivity contribution in [3.05, 3.63) is 60.4 Å². The number of benzene rings is 2. The van der Waals surface area contributed by atoms with Crippen LogP contribution in [0.2, 0.25) is 0 Å². The van der Waals surface area contributed by atoms with Gasteiger partial charge in [-0.3, -0.25) is 9.59 Å². The zero-order valence-electron chi connectivity index (χ0n) is 15.5. The average molecular weight is 432 g/mol. The van der Waals surface area contributed by atoms with E-state index >= 15 is 0 Å². The van der Waals surface area contributed by atoms with Gasteiger partial charge in [-0.15, -0.1) is 0 Å². The molecule has 150 valence electrons. The number of hydrogen-bond donors (Lipinski definition) is 2. The van der Waals surface area contributed by atoms with Crippen LogP contribution in [-0.2, 0) is 9.59 Å². The van der Waals surface area contributed by atoms with Gasteiger partial charge in [0.05, 0.1) is 5.75 Å². The summed E-state index contributed by atoms with van der Waals surface area (Å²) in [5, 5.41) is 5.95. The standard InChI is InChI=1S/C20H18FN3O3S2/c1-22-17(26)12-28-20-24-18(13-5-3-2-4-6-13)19(29-20)23-16(25)11-27-15-9-7-14(21)8-10-15/h2-10H,11-12H2,1H3,(H,22,26)(H,23,25). The normalized spacial score (nSPS) is 10.4. The van der Waals surface area contributed by atoms with Crippen molar-refractivity contribution in [2.45, 2.75) is 4.34 Å². The van der Waals surface area contributed by atoms with E-state index in [1.54, 1.807) is 7.05 Å². The van der Waals surface area contributed by atoms with E-state index in [2.05, 4.69) is 15.6 Å². The van der Waals surface area contributed by atoms with Gasteiger partial charge < -0.3 is 15.4 Å². The maximum Gasteiger partial charge on any atom is 0.262 e. The van der Waals surface area contributed by atoms with Gasteiger partial charge in [-0.05, 0) is 24.3 Å². The molecule has 1 aromatic heterocycles. The van der Waals surface area contributed by atoms with Crippen LogP contribution in [0.5, 0.6) is 5.75 Å². The number of halogens is 1. The second kappa shape index (κ2) is 10.0. The molecule has 0 radical (unpaired) electrons. The molecule has 0 aliphatic heterocycles. The Kier molecular flexibility index (Phi) is 7.20. The molecule has 0 bridgehead atoms. The maximum atomic E-state index is 12.9. The monoisotopic (exact) mass is 431 g/mol. The van der Waals surface area contributed by atoms with Crippen LogP contribution in [0.4, 0.5) is 9.39 Å². The first-order valence-electron chi connectivity index (χ1n) is 8.63. The van der Waals surface area contributed by atoms with Gasteiger partial charge in [-0.25, -0.2) is 9.37 Å². The molecule has 0 aliphatic rings. The Morgan fingerprint density at radius 1 is 1.10 bits per heavy atom. The third-order valence-electron chi connectivity index (χ3n) is 3.70. The van der Waals surface area contributed by atoms with Crippen LogP contribution in [-0.4, -0.2) is 36.2 Å². The minimum absolute atomic E-state index is 0.107. The lowest BCUT2D eigenvalue weighted by atomic mass is 10.2. The lowest BCUT2D eigenvalue weighted by molar-refractivity contribution is -0.118. The van der Waals surface area contributed by atoms with Gasteiger partial charge in [0.2, 0.25) is 5.91 Å². The molecule has 3 aromatic rings. The fourth-order valence-electron chi connectivity index (χ4n) is 2.28. The highest BCUT2D eigenvalue weighted by molar-refractivity contribution is 8.01. The van der Waals surface area contributed by atoms with E-state index in [0.717, 1.165) is 5.56 Å². The summed E-state index contributed by atoms with van der Waals surface area (Å²) in [4.78, 5) is 28.4. The first-order chi connectivity index (χ1) is 14.0. The summed E-state index contributed by atoms with van der Waals surface area (Å²) in [6.07, 6.45) is 0. The lowest BCUT2D eigenvalue weighted by Gasteiger charge is -2.07. The number of aromatic nitrogens is 1. The van der Waals surface area contributed by atoms with E-state index in [9.17, 15) is 14.0 Å². The number of hydrogen-bond acceptors (Lipinski definition) is 6. The van der Waals surface area contributed by atoms with E-state index in [4.69, 9.17) is 4.74 Å². The molecule has 2 N–H and O–H groups in total. The van der Waals surface area contributed by atoms with E-state index in [1.807, 2.05) is 30.3 Å². The van der Waals surface area contributed by atoms with Crippen LogP contribution in [0.25, 0.3) is 11.3 Å². The molecule has 9 heteroatoms.